The largest absolute Gasteiger partial charge is 0.317 e. The van der Waals surface area contributed by atoms with Crippen LogP contribution in [0.3, 0.4) is 0 Å². The summed E-state index contributed by atoms with van der Waals surface area (Å²) in [5, 5.41) is 0. The lowest BCUT2D eigenvalue weighted by Gasteiger charge is -2.32. The van der Waals surface area contributed by atoms with Crippen LogP contribution in [0.5, 0.6) is 0 Å². The first-order valence-electron chi connectivity index (χ1n) is 4.47. The maximum absolute atomic E-state index is 6.79. The smallest absolute Gasteiger partial charge is 0.217 e. The lowest BCUT2D eigenvalue weighted by Crippen LogP contribution is -2.23. The Bertz CT molecular complexity index is 164. The van der Waals surface area contributed by atoms with E-state index in [1.165, 1.54) is 25.7 Å². The van der Waals surface area contributed by atoms with Gasteiger partial charge in [-0.05, 0) is 24.7 Å². The minimum Gasteiger partial charge on any atom is -0.317 e. The first-order valence-corrected chi connectivity index (χ1v) is 4.47. The predicted octanol–water partition coefficient (Wildman–Crippen LogP) is 3.12. The van der Waals surface area contributed by atoms with Crippen LogP contribution < -0.4 is 0 Å². The van der Waals surface area contributed by atoms with Gasteiger partial charge in [0.25, 0.3) is 0 Å². The van der Waals surface area contributed by atoms with Gasteiger partial charge >= 0.3 is 0 Å². The number of hydrogen-bond acceptors (Lipinski definition) is 0. The highest BCUT2D eigenvalue weighted by molar-refractivity contribution is 4.82. The van der Waals surface area contributed by atoms with Crippen molar-refractivity contribution in [3.05, 3.63) is 11.4 Å². The van der Waals surface area contributed by atoms with Crippen molar-refractivity contribution in [2.24, 2.45) is 11.3 Å². The van der Waals surface area contributed by atoms with Crippen molar-refractivity contribution in [1.29, 1.82) is 0 Å². The molecule has 62 valence electrons. The van der Waals surface area contributed by atoms with Crippen LogP contribution in [0.15, 0.2) is 0 Å². The van der Waals surface area contributed by atoms with E-state index in [0.29, 0.717) is 11.3 Å². The van der Waals surface area contributed by atoms with E-state index < -0.39 is 0 Å². The van der Waals surface area contributed by atoms with Crippen LogP contribution in [0.2, 0.25) is 0 Å². The van der Waals surface area contributed by atoms with Gasteiger partial charge in [-0.25, -0.2) is 6.57 Å². The summed E-state index contributed by atoms with van der Waals surface area (Å²) >= 11 is 0. The maximum Gasteiger partial charge on any atom is 0.217 e. The molecule has 1 saturated carbocycles. The van der Waals surface area contributed by atoms with E-state index in [1.807, 2.05) is 0 Å². The van der Waals surface area contributed by atoms with E-state index >= 15 is 0 Å². The van der Waals surface area contributed by atoms with Crippen LogP contribution in [0.25, 0.3) is 4.85 Å². The third-order valence-electron chi connectivity index (χ3n) is 2.66. The molecule has 1 nitrogen and oxygen atoms in total. The van der Waals surface area contributed by atoms with Crippen LogP contribution in [0, 0.1) is 17.9 Å². The fourth-order valence-electron chi connectivity index (χ4n) is 2.14. The Morgan fingerprint density at radius 1 is 1.55 bits per heavy atom. The standard InChI is InChI=1S/C10H17N/c1-10(2)6-4-5-9(7-10)8-11-3/h9H,4-8H2,1-2H3. The lowest BCUT2D eigenvalue weighted by atomic mass is 9.72. The van der Waals surface area contributed by atoms with Gasteiger partial charge in [-0.2, -0.15) is 0 Å². The van der Waals surface area contributed by atoms with E-state index in [4.69, 9.17) is 6.57 Å². The Hall–Kier alpha value is -0.510. The van der Waals surface area contributed by atoms with Crippen molar-refractivity contribution in [2.75, 3.05) is 6.54 Å². The number of nitrogens with zero attached hydrogens (tertiary/aromatic N) is 1. The summed E-state index contributed by atoms with van der Waals surface area (Å²) in [5.41, 5.74) is 0.508. The van der Waals surface area contributed by atoms with E-state index in [-0.39, 0.29) is 0 Å². The lowest BCUT2D eigenvalue weighted by molar-refractivity contribution is 0.189. The van der Waals surface area contributed by atoms with Crippen LogP contribution in [0.4, 0.5) is 0 Å². The van der Waals surface area contributed by atoms with Crippen molar-refractivity contribution in [3.8, 4) is 0 Å². The van der Waals surface area contributed by atoms with Crippen molar-refractivity contribution in [3.63, 3.8) is 0 Å². The van der Waals surface area contributed by atoms with E-state index in [2.05, 4.69) is 18.7 Å². The molecule has 0 N–H and O–H groups in total. The Balaban J connectivity index is 2.41. The second-order valence-electron chi connectivity index (χ2n) is 4.47. The van der Waals surface area contributed by atoms with Gasteiger partial charge in [0.05, 0.1) is 0 Å². The molecule has 0 aromatic carbocycles. The Morgan fingerprint density at radius 3 is 2.82 bits per heavy atom. The number of rotatable bonds is 1. The van der Waals surface area contributed by atoms with Gasteiger partial charge in [0.15, 0.2) is 0 Å². The summed E-state index contributed by atoms with van der Waals surface area (Å²) in [6.45, 7) is 12.2. The molecule has 0 radical (unpaired) electrons. The summed E-state index contributed by atoms with van der Waals surface area (Å²) in [5.74, 6) is 0.691. The molecular weight excluding hydrogens is 134 g/mol. The van der Waals surface area contributed by atoms with Gasteiger partial charge in [-0.1, -0.05) is 20.3 Å². The van der Waals surface area contributed by atoms with Crippen molar-refractivity contribution in [1.82, 2.24) is 0 Å². The maximum atomic E-state index is 6.79. The van der Waals surface area contributed by atoms with Gasteiger partial charge in [-0.15, -0.1) is 0 Å². The van der Waals surface area contributed by atoms with Gasteiger partial charge in [0.1, 0.15) is 0 Å². The SMILES string of the molecule is [C-]#[N+]CC1CCCC(C)(C)C1. The molecule has 1 unspecified atom stereocenters. The fraction of sp³-hybridized carbons (Fsp3) is 0.900. The molecule has 0 saturated heterocycles. The summed E-state index contributed by atoms with van der Waals surface area (Å²) in [6, 6.07) is 0. The normalized spacial score (nSPS) is 29.4. The van der Waals surface area contributed by atoms with Crippen molar-refractivity contribution in [2.45, 2.75) is 39.5 Å². The van der Waals surface area contributed by atoms with Crippen LogP contribution in [0.1, 0.15) is 39.5 Å². The highest BCUT2D eigenvalue weighted by Crippen LogP contribution is 2.38. The quantitative estimate of drug-likeness (QED) is 0.507. The molecule has 0 aliphatic heterocycles. The first kappa shape index (κ1) is 8.59. The third-order valence-corrected chi connectivity index (χ3v) is 2.66. The zero-order valence-corrected chi connectivity index (χ0v) is 7.56. The third kappa shape index (κ3) is 2.54. The second-order valence-corrected chi connectivity index (χ2v) is 4.47. The average molecular weight is 151 g/mol. The minimum atomic E-state index is 0.508. The average Bonchev–Trinajstić information content (AvgIpc) is 1.85. The molecule has 1 fully saturated rings. The van der Waals surface area contributed by atoms with Gasteiger partial charge in [0, 0.05) is 5.92 Å². The van der Waals surface area contributed by atoms with Crippen LogP contribution >= 0.6 is 0 Å². The molecule has 0 heterocycles. The van der Waals surface area contributed by atoms with Crippen molar-refractivity contribution < 1.29 is 0 Å². The molecule has 0 amide bonds. The second kappa shape index (κ2) is 3.26. The number of hydrogen-bond donors (Lipinski definition) is 0. The molecular formula is C10H17N. The Kier molecular flexibility index (Phi) is 2.54. The van der Waals surface area contributed by atoms with E-state index in [0.717, 1.165) is 6.54 Å². The molecule has 0 bridgehead atoms. The van der Waals surface area contributed by atoms with Crippen molar-refractivity contribution >= 4 is 0 Å². The Labute approximate surface area is 69.6 Å². The topological polar surface area (TPSA) is 4.36 Å². The van der Waals surface area contributed by atoms with Crippen LogP contribution in [-0.4, -0.2) is 6.54 Å². The Morgan fingerprint density at radius 2 is 2.27 bits per heavy atom. The first-order chi connectivity index (χ1) is 5.14. The highest BCUT2D eigenvalue weighted by Gasteiger charge is 2.29. The molecule has 1 aliphatic carbocycles. The molecule has 1 rings (SSSR count). The van der Waals surface area contributed by atoms with Gasteiger partial charge in [-0.3, -0.25) is 0 Å². The van der Waals surface area contributed by atoms with Gasteiger partial charge < -0.3 is 4.85 Å². The molecule has 0 aromatic rings. The minimum absolute atomic E-state index is 0.508. The fourth-order valence-corrected chi connectivity index (χ4v) is 2.14. The van der Waals surface area contributed by atoms with Crippen LogP contribution in [-0.2, 0) is 0 Å². The molecule has 1 heteroatoms. The highest BCUT2D eigenvalue weighted by atomic mass is 14.6. The monoisotopic (exact) mass is 151 g/mol. The molecule has 1 aliphatic rings. The summed E-state index contributed by atoms with van der Waals surface area (Å²) < 4.78 is 0. The zero-order valence-electron chi connectivity index (χ0n) is 7.56. The summed E-state index contributed by atoms with van der Waals surface area (Å²) in [4.78, 5) is 3.47. The molecule has 0 spiro atoms. The van der Waals surface area contributed by atoms with E-state index in [9.17, 15) is 0 Å². The zero-order chi connectivity index (χ0) is 8.32. The summed E-state index contributed by atoms with van der Waals surface area (Å²) in [6.07, 6.45) is 5.22. The van der Waals surface area contributed by atoms with Gasteiger partial charge in [0.2, 0.25) is 6.54 Å². The van der Waals surface area contributed by atoms with E-state index in [1.54, 1.807) is 0 Å². The molecule has 0 aromatic heterocycles. The molecule has 11 heavy (non-hydrogen) atoms. The predicted molar refractivity (Wildman–Crippen MR) is 47.2 cm³/mol. The molecule has 1 atom stereocenters. The summed E-state index contributed by atoms with van der Waals surface area (Å²) in [7, 11) is 0.